The fourth-order valence-corrected chi connectivity index (χ4v) is 4.59. The average Bonchev–Trinajstić information content (AvgIpc) is 3.21. The molecular formula is C20H17BrClFN2O3. The van der Waals surface area contributed by atoms with Gasteiger partial charge in [-0.2, -0.15) is 0 Å². The highest BCUT2D eigenvalue weighted by Crippen LogP contribution is 2.41. The Morgan fingerprint density at radius 3 is 2.79 bits per heavy atom. The van der Waals surface area contributed by atoms with E-state index < -0.39 is 18.0 Å². The zero-order valence-electron chi connectivity index (χ0n) is 14.6. The minimum absolute atomic E-state index is 0.208. The molecule has 146 valence electrons. The second-order valence-electron chi connectivity index (χ2n) is 7.14. The Morgan fingerprint density at radius 1 is 1.29 bits per heavy atom. The number of aliphatic hydroxyl groups excluding tert-OH is 1. The molecule has 0 saturated heterocycles. The number of rotatable bonds is 3. The summed E-state index contributed by atoms with van der Waals surface area (Å²) in [4.78, 5) is 25.2. The molecule has 1 aliphatic heterocycles. The highest BCUT2D eigenvalue weighted by Gasteiger charge is 2.36. The number of carbonyl (C=O) groups excluding carboxylic acids is 2. The second kappa shape index (κ2) is 7.46. The average molecular weight is 468 g/mol. The molecule has 3 N–H and O–H groups in total. The van der Waals surface area contributed by atoms with Gasteiger partial charge in [-0.3, -0.25) is 9.59 Å². The van der Waals surface area contributed by atoms with Crippen LogP contribution in [0.4, 0.5) is 10.1 Å². The van der Waals surface area contributed by atoms with Gasteiger partial charge in [-0.1, -0.05) is 27.5 Å². The first kappa shape index (κ1) is 19.4. The van der Waals surface area contributed by atoms with Gasteiger partial charge < -0.3 is 15.7 Å². The Balaban J connectivity index is 1.75. The Hall–Kier alpha value is -1.96. The van der Waals surface area contributed by atoms with Gasteiger partial charge in [0.1, 0.15) is 5.82 Å². The molecule has 4 rings (SSSR count). The maximum atomic E-state index is 13.8. The largest absolute Gasteiger partial charge is 0.393 e. The van der Waals surface area contributed by atoms with E-state index in [-0.39, 0.29) is 17.7 Å². The predicted molar refractivity (Wildman–Crippen MR) is 107 cm³/mol. The molecule has 28 heavy (non-hydrogen) atoms. The number of amides is 2. The summed E-state index contributed by atoms with van der Waals surface area (Å²) in [5, 5.41) is 15.7. The molecule has 3 atom stereocenters. The van der Waals surface area contributed by atoms with E-state index in [4.69, 9.17) is 11.6 Å². The van der Waals surface area contributed by atoms with Crippen LogP contribution in [0.15, 0.2) is 34.8 Å². The minimum Gasteiger partial charge on any atom is -0.393 e. The van der Waals surface area contributed by atoms with Crippen LogP contribution < -0.4 is 10.6 Å². The number of hydrogen-bond acceptors (Lipinski definition) is 3. The maximum absolute atomic E-state index is 13.8. The van der Waals surface area contributed by atoms with Crippen LogP contribution in [0.1, 0.15) is 46.8 Å². The highest BCUT2D eigenvalue weighted by molar-refractivity contribution is 9.10. The third-order valence-electron chi connectivity index (χ3n) is 5.26. The molecule has 0 aromatic heterocycles. The maximum Gasteiger partial charge on any atom is 0.252 e. The van der Waals surface area contributed by atoms with E-state index in [0.29, 0.717) is 51.1 Å². The summed E-state index contributed by atoms with van der Waals surface area (Å²) in [6.07, 6.45) is 1.15. The molecule has 1 saturated carbocycles. The Bertz CT molecular complexity index is 984. The first-order valence-corrected chi connectivity index (χ1v) is 10.1. The van der Waals surface area contributed by atoms with E-state index in [1.807, 2.05) is 0 Å². The zero-order valence-corrected chi connectivity index (χ0v) is 17.0. The number of nitrogens with one attached hydrogen (secondary N) is 2. The van der Waals surface area contributed by atoms with Crippen molar-refractivity contribution in [2.45, 2.75) is 31.4 Å². The van der Waals surface area contributed by atoms with Crippen molar-refractivity contribution in [2.24, 2.45) is 5.92 Å². The molecule has 8 heteroatoms. The topological polar surface area (TPSA) is 78.4 Å². The van der Waals surface area contributed by atoms with Crippen molar-refractivity contribution in [3.63, 3.8) is 0 Å². The van der Waals surface area contributed by atoms with Crippen molar-refractivity contribution >= 4 is 45.0 Å². The predicted octanol–water partition coefficient (Wildman–Crippen LogP) is 4.17. The SMILES string of the molecule is O=C1N[C@H](c2cc(F)ccc2Cl)c2c(NC(=O)[C@H]3CC[C@@H](O)C3)cc(Br)cc21. The van der Waals surface area contributed by atoms with Crippen LogP contribution in [-0.2, 0) is 4.79 Å². The zero-order chi connectivity index (χ0) is 20.0. The van der Waals surface area contributed by atoms with Crippen LogP contribution >= 0.6 is 27.5 Å². The van der Waals surface area contributed by atoms with Crippen molar-refractivity contribution in [2.75, 3.05) is 5.32 Å². The van der Waals surface area contributed by atoms with E-state index in [1.54, 1.807) is 12.1 Å². The first-order chi connectivity index (χ1) is 13.3. The lowest BCUT2D eigenvalue weighted by Crippen LogP contribution is -2.23. The molecule has 2 amide bonds. The fourth-order valence-electron chi connectivity index (χ4n) is 3.90. The molecule has 0 unspecified atom stereocenters. The van der Waals surface area contributed by atoms with E-state index in [0.717, 1.165) is 0 Å². The van der Waals surface area contributed by atoms with Gasteiger partial charge >= 0.3 is 0 Å². The van der Waals surface area contributed by atoms with E-state index in [2.05, 4.69) is 26.6 Å². The molecule has 0 spiro atoms. The summed E-state index contributed by atoms with van der Waals surface area (Å²) < 4.78 is 14.5. The summed E-state index contributed by atoms with van der Waals surface area (Å²) in [5.41, 5.74) is 1.82. The molecule has 0 radical (unpaired) electrons. The molecule has 1 aliphatic carbocycles. The molecule has 5 nitrogen and oxygen atoms in total. The third kappa shape index (κ3) is 3.54. The normalized spacial score (nSPS) is 23.4. The van der Waals surface area contributed by atoms with E-state index in [9.17, 15) is 19.1 Å². The standard InChI is InChI=1S/C20H17BrClFN2O3/c21-10-6-14-17(16(7-10)24-19(27)9-1-3-12(26)5-9)18(25-20(14)28)13-8-11(23)2-4-15(13)22/h2,4,6-9,12,18,26H,1,3,5H2,(H,24,27)(H,25,28)/t9-,12+,18+/m0/s1. The molecule has 2 aliphatic rings. The van der Waals surface area contributed by atoms with Gasteiger partial charge in [0.2, 0.25) is 5.91 Å². The molecule has 0 bridgehead atoms. The number of benzene rings is 2. The van der Waals surface area contributed by atoms with Crippen LogP contribution in [0.2, 0.25) is 5.02 Å². The van der Waals surface area contributed by atoms with Crippen LogP contribution in [-0.4, -0.2) is 23.0 Å². The van der Waals surface area contributed by atoms with Crippen molar-refractivity contribution in [1.82, 2.24) is 5.32 Å². The number of carbonyl (C=O) groups is 2. The fraction of sp³-hybridized carbons (Fsp3) is 0.300. The monoisotopic (exact) mass is 466 g/mol. The van der Waals surface area contributed by atoms with Gasteiger partial charge in [0.15, 0.2) is 0 Å². The Labute approximate surface area is 174 Å². The van der Waals surface area contributed by atoms with Crippen molar-refractivity contribution in [3.05, 3.63) is 62.3 Å². The number of anilines is 1. The van der Waals surface area contributed by atoms with Crippen LogP contribution in [0.25, 0.3) is 0 Å². The van der Waals surface area contributed by atoms with Crippen molar-refractivity contribution in [1.29, 1.82) is 0 Å². The van der Waals surface area contributed by atoms with Gasteiger partial charge in [0, 0.05) is 37.8 Å². The van der Waals surface area contributed by atoms with Gasteiger partial charge in [-0.15, -0.1) is 0 Å². The van der Waals surface area contributed by atoms with Gasteiger partial charge in [-0.25, -0.2) is 4.39 Å². The van der Waals surface area contributed by atoms with Gasteiger partial charge in [0.25, 0.3) is 5.91 Å². The molecule has 1 heterocycles. The summed E-state index contributed by atoms with van der Waals surface area (Å²) in [7, 11) is 0. The van der Waals surface area contributed by atoms with E-state index >= 15 is 0 Å². The summed E-state index contributed by atoms with van der Waals surface area (Å²) in [6, 6.07) is 6.66. The summed E-state index contributed by atoms with van der Waals surface area (Å²) >= 11 is 9.63. The van der Waals surface area contributed by atoms with Gasteiger partial charge in [-0.05, 0) is 49.6 Å². The van der Waals surface area contributed by atoms with Gasteiger partial charge in [0.05, 0.1) is 12.1 Å². The molecular weight excluding hydrogens is 451 g/mol. The summed E-state index contributed by atoms with van der Waals surface area (Å²) in [5.74, 6) is -1.29. The Morgan fingerprint density at radius 2 is 2.07 bits per heavy atom. The lowest BCUT2D eigenvalue weighted by atomic mass is 9.96. The molecule has 2 aromatic carbocycles. The first-order valence-electron chi connectivity index (χ1n) is 8.91. The molecule has 1 fully saturated rings. The van der Waals surface area contributed by atoms with Crippen LogP contribution in [0.5, 0.6) is 0 Å². The van der Waals surface area contributed by atoms with Crippen molar-refractivity contribution < 1.29 is 19.1 Å². The van der Waals surface area contributed by atoms with Crippen molar-refractivity contribution in [3.8, 4) is 0 Å². The molecule has 2 aromatic rings. The van der Waals surface area contributed by atoms with Crippen LogP contribution in [0.3, 0.4) is 0 Å². The third-order valence-corrected chi connectivity index (χ3v) is 6.06. The lowest BCUT2D eigenvalue weighted by Gasteiger charge is -2.19. The van der Waals surface area contributed by atoms with E-state index in [1.165, 1.54) is 18.2 Å². The lowest BCUT2D eigenvalue weighted by molar-refractivity contribution is -0.119. The second-order valence-corrected chi connectivity index (χ2v) is 8.46. The quantitative estimate of drug-likeness (QED) is 0.634. The minimum atomic E-state index is -0.678. The smallest absolute Gasteiger partial charge is 0.252 e. The highest BCUT2D eigenvalue weighted by atomic mass is 79.9. The number of fused-ring (bicyclic) bond motifs is 1. The number of aliphatic hydroxyl groups is 1. The Kier molecular flexibility index (Phi) is 5.16. The number of halogens is 3. The summed E-state index contributed by atoms with van der Waals surface area (Å²) in [6.45, 7) is 0. The van der Waals surface area contributed by atoms with Crippen LogP contribution in [0, 0.1) is 11.7 Å². The number of hydrogen-bond donors (Lipinski definition) is 3.